The number of thiophene rings is 1. The molecule has 1 aliphatic rings. The summed E-state index contributed by atoms with van der Waals surface area (Å²) in [6, 6.07) is 10.2. The number of hydrogen-bond donors (Lipinski definition) is 0. The van der Waals surface area contributed by atoms with Crippen molar-refractivity contribution in [3.63, 3.8) is 0 Å². The number of nitrogens with zero attached hydrogens (tertiary/aromatic N) is 2. The highest BCUT2D eigenvalue weighted by Crippen LogP contribution is 2.24. The van der Waals surface area contributed by atoms with Crippen LogP contribution in [0.1, 0.15) is 10.4 Å². The average Bonchev–Trinajstić information content (AvgIpc) is 3.03. The second-order valence-electron chi connectivity index (χ2n) is 5.51. The molecule has 3 rings (SSSR count). The van der Waals surface area contributed by atoms with Crippen LogP contribution >= 0.6 is 11.3 Å². The third kappa shape index (κ3) is 3.31. The molecule has 0 saturated carbocycles. The van der Waals surface area contributed by atoms with Crippen molar-refractivity contribution in [1.29, 1.82) is 0 Å². The first-order valence-corrected chi connectivity index (χ1v) is 9.65. The van der Waals surface area contributed by atoms with Crippen molar-refractivity contribution in [2.24, 2.45) is 0 Å². The van der Waals surface area contributed by atoms with E-state index in [0.29, 0.717) is 13.1 Å². The molecule has 23 heavy (non-hydrogen) atoms. The van der Waals surface area contributed by atoms with Crippen LogP contribution in [0.25, 0.3) is 0 Å². The van der Waals surface area contributed by atoms with Crippen LogP contribution in [-0.4, -0.2) is 43.7 Å². The molecule has 1 amide bonds. The van der Waals surface area contributed by atoms with Gasteiger partial charge in [-0.2, -0.15) is 4.31 Å². The van der Waals surface area contributed by atoms with Crippen LogP contribution < -0.4 is 0 Å². The van der Waals surface area contributed by atoms with E-state index < -0.39 is 10.0 Å². The van der Waals surface area contributed by atoms with Gasteiger partial charge >= 0.3 is 0 Å². The monoisotopic (exact) mass is 350 g/mol. The molecular weight excluding hydrogens is 332 g/mol. The molecule has 1 aliphatic heterocycles. The molecule has 2 aromatic rings. The number of carbonyl (C=O) groups excluding carboxylic acids is 1. The third-order valence-electron chi connectivity index (χ3n) is 3.97. The number of benzene rings is 1. The number of likely N-dealkylation sites (N-methyl/N-ethyl adjacent to an activating group) is 1. The van der Waals surface area contributed by atoms with E-state index in [0.717, 1.165) is 10.7 Å². The van der Waals surface area contributed by atoms with Gasteiger partial charge in [-0.1, -0.05) is 18.2 Å². The van der Waals surface area contributed by atoms with E-state index in [-0.39, 0.29) is 17.3 Å². The predicted molar refractivity (Wildman–Crippen MR) is 89.7 cm³/mol. The van der Waals surface area contributed by atoms with Crippen LogP contribution in [0.2, 0.25) is 0 Å². The van der Waals surface area contributed by atoms with E-state index in [4.69, 9.17) is 0 Å². The Balaban J connectivity index is 1.68. The zero-order valence-corrected chi connectivity index (χ0v) is 14.4. The largest absolute Gasteiger partial charge is 0.337 e. The highest BCUT2D eigenvalue weighted by molar-refractivity contribution is 7.89. The van der Waals surface area contributed by atoms with Crippen molar-refractivity contribution < 1.29 is 13.2 Å². The van der Waals surface area contributed by atoms with Crippen molar-refractivity contribution in [3.8, 4) is 0 Å². The van der Waals surface area contributed by atoms with E-state index >= 15 is 0 Å². The molecular formula is C16H18N2O3S2. The molecule has 0 N–H and O–H groups in total. The van der Waals surface area contributed by atoms with Crippen molar-refractivity contribution >= 4 is 27.3 Å². The van der Waals surface area contributed by atoms with Crippen LogP contribution in [-0.2, 0) is 27.8 Å². The summed E-state index contributed by atoms with van der Waals surface area (Å²) in [6.07, 6.45) is 0.841. The lowest BCUT2D eigenvalue weighted by Crippen LogP contribution is -2.42. The Morgan fingerprint density at radius 3 is 2.74 bits per heavy atom. The third-order valence-corrected chi connectivity index (χ3v) is 6.81. The normalized spacial score (nSPS) is 14.8. The van der Waals surface area contributed by atoms with Crippen LogP contribution in [0.3, 0.4) is 0 Å². The van der Waals surface area contributed by atoms with E-state index in [1.807, 2.05) is 11.4 Å². The standard InChI is InChI=1S/C16H18N2O3S2/c1-17(23(20,21)14-5-3-2-4-6-14)12-16(19)18-9-7-15-13(11-18)8-10-22-15/h2-6,8,10H,7,9,11-12H2,1H3. The van der Waals surface area contributed by atoms with Crippen molar-refractivity contribution in [2.75, 3.05) is 20.1 Å². The van der Waals surface area contributed by atoms with Crippen LogP contribution in [0.4, 0.5) is 0 Å². The van der Waals surface area contributed by atoms with Gasteiger partial charge in [0.05, 0.1) is 11.4 Å². The topological polar surface area (TPSA) is 57.7 Å². The summed E-state index contributed by atoms with van der Waals surface area (Å²) in [4.78, 5) is 15.7. The maximum Gasteiger partial charge on any atom is 0.243 e. The molecule has 0 spiro atoms. The second kappa shape index (κ2) is 6.43. The Morgan fingerprint density at radius 2 is 2.00 bits per heavy atom. The van der Waals surface area contributed by atoms with Crippen molar-refractivity contribution in [2.45, 2.75) is 17.9 Å². The molecule has 2 heterocycles. The smallest absolute Gasteiger partial charge is 0.243 e. The summed E-state index contributed by atoms with van der Waals surface area (Å²) >= 11 is 1.71. The highest BCUT2D eigenvalue weighted by atomic mass is 32.2. The second-order valence-corrected chi connectivity index (χ2v) is 8.55. The lowest BCUT2D eigenvalue weighted by molar-refractivity contribution is -0.132. The number of amides is 1. The number of sulfonamides is 1. The van der Waals surface area contributed by atoms with Gasteiger partial charge in [0.1, 0.15) is 0 Å². The molecule has 0 aliphatic carbocycles. The van der Waals surface area contributed by atoms with E-state index in [1.54, 1.807) is 34.4 Å². The summed E-state index contributed by atoms with van der Waals surface area (Å²) in [5.74, 6) is -0.163. The fraction of sp³-hybridized carbons (Fsp3) is 0.312. The number of rotatable bonds is 4. The van der Waals surface area contributed by atoms with Crippen LogP contribution in [0.5, 0.6) is 0 Å². The fourth-order valence-corrected chi connectivity index (χ4v) is 4.64. The molecule has 0 radical (unpaired) electrons. The molecule has 0 unspecified atom stereocenters. The minimum atomic E-state index is -3.63. The average molecular weight is 350 g/mol. The van der Waals surface area contributed by atoms with Gasteiger partial charge in [-0.3, -0.25) is 4.79 Å². The van der Waals surface area contributed by atoms with Gasteiger partial charge in [-0.25, -0.2) is 8.42 Å². The first-order valence-electron chi connectivity index (χ1n) is 7.33. The highest BCUT2D eigenvalue weighted by Gasteiger charge is 2.27. The summed E-state index contributed by atoms with van der Waals surface area (Å²) < 4.78 is 26.0. The summed E-state index contributed by atoms with van der Waals surface area (Å²) in [5, 5.41) is 2.03. The Hall–Kier alpha value is -1.70. The van der Waals surface area contributed by atoms with Gasteiger partial charge in [0.2, 0.25) is 15.9 Å². The maximum atomic E-state index is 12.5. The molecule has 0 atom stereocenters. The number of fused-ring (bicyclic) bond motifs is 1. The Bertz CT molecular complexity index is 800. The molecule has 1 aromatic heterocycles. The van der Waals surface area contributed by atoms with Gasteiger partial charge in [0, 0.05) is 25.0 Å². The Labute approximate surface area is 140 Å². The SMILES string of the molecule is CN(CC(=O)N1CCc2sccc2C1)S(=O)(=O)c1ccccc1. The van der Waals surface area contributed by atoms with Crippen molar-refractivity contribution in [1.82, 2.24) is 9.21 Å². The van der Waals surface area contributed by atoms with Gasteiger partial charge in [-0.15, -0.1) is 11.3 Å². The van der Waals surface area contributed by atoms with Crippen LogP contribution in [0.15, 0.2) is 46.7 Å². The molecule has 5 nitrogen and oxygen atoms in total. The predicted octanol–water partition coefficient (Wildman–Crippen LogP) is 1.95. The minimum Gasteiger partial charge on any atom is -0.337 e. The zero-order valence-electron chi connectivity index (χ0n) is 12.8. The molecule has 0 bridgehead atoms. The fourth-order valence-electron chi connectivity index (χ4n) is 2.61. The Kier molecular flexibility index (Phi) is 4.52. The van der Waals surface area contributed by atoms with Crippen LogP contribution in [0, 0.1) is 0 Å². The molecule has 1 aromatic carbocycles. The van der Waals surface area contributed by atoms with Gasteiger partial charge in [-0.05, 0) is 35.6 Å². The quantitative estimate of drug-likeness (QED) is 0.847. The zero-order chi connectivity index (χ0) is 16.4. The first-order chi connectivity index (χ1) is 11.0. The van der Waals surface area contributed by atoms with Gasteiger partial charge < -0.3 is 4.90 Å². The number of carbonyl (C=O) groups is 1. The first kappa shape index (κ1) is 16.2. The molecule has 0 saturated heterocycles. The van der Waals surface area contributed by atoms with E-state index in [1.165, 1.54) is 29.6 Å². The number of hydrogen-bond acceptors (Lipinski definition) is 4. The summed E-state index contributed by atoms with van der Waals surface area (Å²) in [7, 11) is -2.19. The Morgan fingerprint density at radius 1 is 1.26 bits per heavy atom. The minimum absolute atomic E-state index is 0.142. The van der Waals surface area contributed by atoms with E-state index in [2.05, 4.69) is 0 Å². The van der Waals surface area contributed by atoms with Gasteiger partial charge in [0.25, 0.3) is 0 Å². The molecule has 7 heteroatoms. The maximum absolute atomic E-state index is 12.5. The molecule has 0 fully saturated rings. The van der Waals surface area contributed by atoms with Crippen molar-refractivity contribution in [3.05, 3.63) is 52.2 Å². The lowest BCUT2D eigenvalue weighted by atomic mass is 10.1. The van der Waals surface area contributed by atoms with Gasteiger partial charge in [0.15, 0.2) is 0 Å². The summed E-state index contributed by atoms with van der Waals surface area (Å²) in [5.41, 5.74) is 1.17. The molecule has 122 valence electrons. The summed E-state index contributed by atoms with van der Waals surface area (Å²) in [6.45, 7) is 1.07. The van der Waals surface area contributed by atoms with E-state index in [9.17, 15) is 13.2 Å². The lowest BCUT2D eigenvalue weighted by Gasteiger charge is -2.28.